The van der Waals surface area contributed by atoms with Crippen molar-refractivity contribution in [1.29, 1.82) is 0 Å². The number of benzene rings is 1. The lowest BCUT2D eigenvalue weighted by molar-refractivity contribution is -0.157. The summed E-state index contributed by atoms with van der Waals surface area (Å²) in [5, 5.41) is 45.5. The number of carbonyl (C=O) groups excluding carboxylic acids is 2. The molecule has 2 aromatic rings. The zero-order valence-corrected chi connectivity index (χ0v) is 20.8. The molecule has 1 aromatic heterocycles. The smallest absolute Gasteiger partial charge is 0.325 e. The average molecular weight is 552 g/mol. The predicted octanol–water partition coefficient (Wildman–Crippen LogP) is -0.923. The van der Waals surface area contributed by atoms with Crippen molar-refractivity contribution in [1.82, 2.24) is 30.4 Å². The van der Waals surface area contributed by atoms with Gasteiger partial charge in [-0.15, -0.1) is 16.9 Å². The number of amides is 2. The second-order valence-electron chi connectivity index (χ2n) is 8.18. The van der Waals surface area contributed by atoms with Crippen molar-refractivity contribution in [3.63, 3.8) is 0 Å². The number of thioether (sulfide) groups is 2. The molecule has 3 heterocycles. The van der Waals surface area contributed by atoms with Crippen LogP contribution in [0.4, 0.5) is 0 Å². The van der Waals surface area contributed by atoms with E-state index in [1.165, 1.54) is 42.0 Å². The lowest BCUT2D eigenvalue weighted by Gasteiger charge is -2.53. The van der Waals surface area contributed by atoms with E-state index >= 15 is 0 Å². The number of phenolic OH excluding ortho intramolecular Hbond substituents is 1. The van der Waals surface area contributed by atoms with Crippen LogP contribution in [0, 0.1) is 5.41 Å². The third kappa shape index (κ3) is 5.31. The number of β-lactam (4-membered cyclic amide) rings is 1. The van der Waals surface area contributed by atoms with Gasteiger partial charge in [-0.1, -0.05) is 29.1 Å². The Balaban J connectivity index is 1.43. The van der Waals surface area contributed by atoms with Gasteiger partial charge in [-0.2, -0.15) is 0 Å². The van der Waals surface area contributed by atoms with E-state index in [-0.39, 0.29) is 40.2 Å². The molecule has 0 bridgehead atoms. The largest absolute Gasteiger partial charge is 0.508 e. The van der Waals surface area contributed by atoms with Crippen LogP contribution < -0.4 is 5.32 Å². The second-order valence-corrected chi connectivity index (χ2v) is 10.2. The molecule has 196 valence electrons. The monoisotopic (exact) mass is 551 g/mol. The predicted molar refractivity (Wildman–Crippen MR) is 128 cm³/mol. The molecule has 17 heteroatoms. The number of rotatable bonds is 10. The molecule has 0 aliphatic carbocycles. The maximum Gasteiger partial charge on any atom is 0.325 e. The Labute approximate surface area is 217 Å². The molecule has 3 atom stereocenters. The number of aromatic hydroxyl groups is 1. The summed E-state index contributed by atoms with van der Waals surface area (Å²) in [5.74, 6) is -3.39. The van der Waals surface area contributed by atoms with Crippen molar-refractivity contribution in [2.75, 3.05) is 25.2 Å². The van der Waals surface area contributed by atoms with Crippen molar-refractivity contribution < 1.29 is 39.3 Å². The number of oxime groups is 1. The van der Waals surface area contributed by atoms with E-state index < -0.39 is 47.1 Å². The van der Waals surface area contributed by atoms with E-state index in [1.54, 1.807) is 6.07 Å². The average Bonchev–Trinajstić information content (AvgIpc) is 3.30. The molecule has 0 saturated carbocycles. The summed E-state index contributed by atoms with van der Waals surface area (Å²) in [6.45, 7) is -0.584. The highest BCUT2D eigenvalue weighted by molar-refractivity contribution is 8.00. The SMILES string of the molecule is CON=C(C(=O)NC1C(=O)N2CC(CSc3nnnn3CC(=O)O)(C(=O)O)CS[C@H]12)c1cccc(O)c1. The highest BCUT2D eigenvalue weighted by Crippen LogP contribution is 2.44. The summed E-state index contributed by atoms with van der Waals surface area (Å²) in [6, 6.07) is 4.93. The third-order valence-electron chi connectivity index (χ3n) is 5.66. The molecular formula is C20H21N7O8S2. The van der Waals surface area contributed by atoms with Gasteiger partial charge >= 0.3 is 11.9 Å². The van der Waals surface area contributed by atoms with Gasteiger partial charge < -0.3 is 30.4 Å². The van der Waals surface area contributed by atoms with Gasteiger partial charge in [-0.3, -0.25) is 19.2 Å². The number of aliphatic carboxylic acids is 2. The lowest BCUT2D eigenvalue weighted by atomic mass is 9.89. The van der Waals surface area contributed by atoms with Crippen LogP contribution in [0.25, 0.3) is 0 Å². The Morgan fingerprint density at radius 3 is 2.81 bits per heavy atom. The Hall–Kier alpha value is -3.86. The van der Waals surface area contributed by atoms with Crippen molar-refractivity contribution in [3.05, 3.63) is 29.8 Å². The summed E-state index contributed by atoms with van der Waals surface area (Å²) in [7, 11) is 1.26. The fourth-order valence-corrected chi connectivity index (χ4v) is 6.55. The van der Waals surface area contributed by atoms with Crippen LogP contribution >= 0.6 is 23.5 Å². The minimum absolute atomic E-state index is 0.00893. The van der Waals surface area contributed by atoms with Gasteiger partial charge in [0.05, 0.1) is 0 Å². The van der Waals surface area contributed by atoms with Gasteiger partial charge in [0.25, 0.3) is 5.91 Å². The van der Waals surface area contributed by atoms with Gasteiger partial charge in [0.15, 0.2) is 5.71 Å². The van der Waals surface area contributed by atoms with E-state index in [2.05, 4.69) is 26.0 Å². The molecule has 1 aromatic carbocycles. The number of nitrogens with one attached hydrogen (secondary N) is 1. The van der Waals surface area contributed by atoms with Crippen molar-refractivity contribution in [2.24, 2.45) is 10.6 Å². The van der Waals surface area contributed by atoms with Crippen LogP contribution in [-0.2, 0) is 30.6 Å². The number of phenols is 1. The fourth-order valence-electron chi connectivity index (χ4n) is 3.82. The number of fused-ring (bicyclic) bond motifs is 1. The first-order valence-corrected chi connectivity index (χ1v) is 12.7. The van der Waals surface area contributed by atoms with Crippen LogP contribution in [0.15, 0.2) is 34.6 Å². The van der Waals surface area contributed by atoms with Gasteiger partial charge in [0.1, 0.15) is 36.2 Å². The molecule has 2 unspecified atom stereocenters. The number of hydrogen-bond donors (Lipinski definition) is 4. The van der Waals surface area contributed by atoms with Crippen LogP contribution in [0.1, 0.15) is 5.56 Å². The van der Waals surface area contributed by atoms with Crippen LogP contribution in [0.3, 0.4) is 0 Å². The Kier molecular flexibility index (Phi) is 7.53. The number of nitrogens with zero attached hydrogens (tertiary/aromatic N) is 6. The number of hydrogen-bond acceptors (Lipinski definition) is 12. The van der Waals surface area contributed by atoms with E-state index in [0.29, 0.717) is 0 Å². The number of carbonyl (C=O) groups is 4. The zero-order chi connectivity index (χ0) is 26.7. The number of carboxylic acids is 2. The first-order valence-electron chi connectivity index (χ1n) is 10.6. The number of carboxylic acid groups (broad SMARTS) is 2. The molecule has 4 N–H and O–H groups in total. The molecule has 2 saturated heterocycles. The van der Waals surface area contributed by atoms with E-state index in [4.69, 9.17) is 9.94 Å². The van der Waals surface area contributed by atoms with Crippen LogP contribution in [-0.4, -0.2) is 106 Å². The van der Waals surface area contributed by atoms with Crippen molar-refractivity contribution >= 4 is 53.0 Å². The molecule has 0 radical (unpaired) electrons. The first kappa shape index (κ1) is 26.2. The minimum Gasteiger partial charge on any atom is -0.508 e. The third-order valence-corrected chi connectivity index (χ3v) is 8.50. The summed E-state index contributed by atoms with van der Waals surface area (Å²) in [4.78, 5) is 55.2. The molecule has 15 nitrogen and oxygen atoms in total. The van der Waals surface area contributed by atoms with Gasteiger partial charge in [0, 0.05) is 23.6 Å². The van der Waals surface area contributed by atoms with Gasteiger partial charge in [-0.25, -0.2) is 4.68 Å². The standard InChI is InChI=1S/C20H21N7O8S2/c1-35-23-13(10-3-2-4-11(28)5-10)15(31)21-14-16(32)26-7-20(18(33)34,8-36-17(14)26)9-37-19-22-24-25-27(19)6-12(29)30/h2-5,14,17,28H,6-9H2,1H3,(H,21,31)(H,29,30)(H,33,34)/t14?,17-,20?/m1/s1. The summed E-state index contributed by atoms with van der Waals surface area (Å²) in [6.07, 6.45) is 0. The van der Waals surface area contributed by atoms with E-state index in [1.807, 2.05) is 0 Å². The molecule has 2 aliphatic rings. The van der Waals surface area contributed by atoms with E-state index in [9.17, 15) is 29.4 Å². The maximum absolute atomic E-state index is 12.9. The van der Waals surface area contributed by atoms with Crippen molar-refractivity contribution in [3.8, 4) is 5.75 Å². The quantitative estimate of drug-likeness (QED) is 0.122. The molecular weight excluding hydrogens is 530 g/mol. The minimum atomic E-state index is -1.35. The summed E-state index contributed by atoms with van der Waals surface area (Å²) < 4.78 is 1.05. The molecule has 2 aliphatic heterocycles. The lowest BCUT2D eigenvalue weighted by Crippen LogP contribution is -2.74. The highest BCUT2D eigenvalue weighted by atomic mass is 32.2. The zero-order valence-electron chi connectivity index (χ0n) is 19.2. The molecule has 37 heavy (non-hydrogen) atoms. The van der Waals surface area contributed by atoms with Gasteiger partial charge in [0.2, 0.25) is 11.1 Å². The Morgan fingerprint density at radius 1 is 1.35 bits per heavy atom. The number of aromatic nitrogens is 4. The second kappa shape index (κ2) is 10.6. The Bertz CT molecular complexity index is 1270. The first-order chi connectivity index (χ1) is 17.6. The Morgan fingerprint density at radius 2 is 2.14 bits per heavy atom. The molecule has 2 amide bonds. The van der Waals surface area contributed by atoms with Crippen LogP contribution in [0.2, 0.25) is 0 Å². The molecule has 0 spiro atoms. The normalized spacial score (nSPS) is 23.1. The molecule has 4 rings (SSSR count). The summed E-state index contributed by atoms with van der Waals surface area (Å²) >= 11 is 2.20. The fraction of sp³-hybridized carbons (Fsp3) is 0.400. The van der Waals surface area contributed by atoms with Crippen molar-refractivity contribution in [2.45, 2.75) is 23.1 Å². The van der Waals surface area contributed by atoms with Gasteiger partial charge in [-0.05, 0) is 22.6 Å². The number of tetrazole rings is 1. The van der Waals surface area contributed by atoms with Crippen LogP contribution in [0.5, 0.6) is 5.75 Å². The van der Waals surface area contributed by atoms with E-state index in [0.717, 1.165) is 16.4 Å². The summed E-state index contributed by atoms with van der Waals surface area (Å²) in [5.41, 5.74) is -1.20. The highest BCUT2D eigenvalue weighted by Gasteiger charge is 2.57. The molecule has 2 fully saturated rings. The maximum atomic E-state index is 12.9. The topological polar surface area (TPSA) is 209 Å².